The smallest absolute Gasteiger partial charge is 0.475 e. The summed E-state index contributed by atoms with van der Waals surface area (Å²) in [5, 5.41) is 14.2. The summed E-state index contributed by atoms with van der Waals surface area (Å²) in [6.45, 7) is 2.27. The molecule has 6 N–H and O–H groups in total. The fraction of sp³-hybridized carbons (Fsp3) is 0.364. The zero-order valence-corrected chi connectivity index (χ0v) is 22.7. The van der Waals surface area contributed by atoms with Gasteiger partial charge in [0.1, 0.15) is 0 Å². The van der Waals surface area contributed by atoms with E-state index in [1.54, 1.807) is 13.0 Å². The number of rotatable bonds is 3. The second-order valence-electron chi connectivity index (χ2n) is 8.84. The number of nitrogens with zero attached hydrogens (tertiary/aromatic N) is 4. The third-order valence-electron chi connectivity index (χ3n) is 5.60. The van der Waals surface area contributed by atoms with Gasteiger partial charge in [-0.1, -0.05) is 6.07 Å². The number of carboxylic acid groups (broad SMARTS) is 2. The van der Waals surface area contributed by atoms with Gasteiger partial charge in [-0.15, -0.1) is 0 Å². The number of nitrogens with two attached hydrogens (primary N) is 2. The molecule has 0 aliphatic carbocycles. The topological polar surface area (TPSA) is 194 Å². The first-order chi connectivity index (χ1) is 19.9. The molecule has 0 radical (unpaired) electrons. The molecule has 1 saturated heterocycles. The van der Waals surface area contributed by atoms with Crippen LogP contribution in [0.2, 0.25) is 0 Å². The van der Waals surface area contributed by atoms with Gasteiger partial charge in [0.05, 0.1) is 16.8 Å². The number of nitrogen functional groups attached to an aromatic ring is 1. The van der Waals surface area contributed by atoms with Gasteiger partial charge in [0.25, 0.3) is 0 Å². The lowest BCUT2D eigenvalue weighted by Gasteiger charge is -2.17. The Kier molecular flexibility index (Phi) is 10.5. The molecule has 0 unspecified atom stereocenters. The number of carboxylic acids is 2. The Balaban J connectivity index is 0.000000402. The summed E-state index contributed by atoms with van der Waals surface area (Å²) in [5.74, 6) is -5.89. The van der Waals surface area contributed by atoms with Gasteiger partial charge in [-0.25, -0.2) is 28.0 Å². The number of aryl methyl sites for hydroxylation is 1. The van der Waals surface area contributed by atoms with Gasteiger partial charge in [-0.2, -0.15) is 43.8 Å². The van der Waals surface area contributed by atoms with Crippen molar-refractivity contribution in [3.63, 3.8) is 0 Å². The second kappa shape index (κ2) is 12.8. The number of hydrogen-bond donors (Lipinski definition) is 4. The number of aromatic nitrogens is 3. The maximum Gasteiger partial charge on any atom is 0.490 e. The Morgan fingerprint density at radius 2 is 1.52 bits per heavy atom. The molecule has 244 valence electrons. The molecular weight excluding hydrogens is 647 g/mol. The summed E-state index contributed by atoms with van der Waals surface area (Å²) < 4.78 is 132. The monoisotopic (exact) mass is 668 g/mol. The van der Waals surface area contributed by atoms with Crippen LogP contribution < -0.4 is 11.5 Å². The Morgan fingerprint density at radius 1 is 1.00 bits per heavy atom. The second-order valence-corrected chi connectivity index (χ2v) is 10.8. The molecule has 44 heavy (non-hydrogen) atoms. The molecule has 12 nitrogen and oxygen atoms in total. The summed E-state index contributed by atoms with van der Waals surface area (Å²) in [6, 6.07) is 4.28. The molecule has 1 aliphatic rings. The Bertz CT molecular complexity index is 1610. The standard InChI is InChI=1S/C18H19F3N6O2S.2C2HF3O2/c1-10-2-3-12(30(28,29)26-5-4-11(22)8-26)6-13(10)14-7-24-17-16(23)25-15(9-27(14)17)18(19,20)21;2*3-2(4,5)1(6)7/h2-3,6-7,9,11H,4-5,8,22H2,1H3,(H2,23,25);2*(H,6,7)/t11-;;/m0../s1. The summed E-state index contributed by atoms with van der Waals surface area (Å²) in [7, 11) is -3.79. The van der Waals surface area contributed by atoms with Crippen molar-refractivity contribution in [3.8, 4) is 11.3 Å². The first kappa shape index (κ1) is 36.0. The first-order valence-corrected chi connectivity index (χ1v) is 13.0. The molecule has 3 aromatic rings. The average Bonchev–Trinajstić information content (AvgIpc) is 3.50. The van der Waals surface area contributed by atoms with Crippen molar-refractivity contribution < 1.29 is 67.7 Å². The van der Waals surface area contributed by atoms with Crippen LogP contribution in [0.15, 0.2) is 35.5 Å². The molecule has 0 amide bonds. The third kappa shape index (κ3) is 8.69. The molecule has 3 heterocycles. The number of halogens is 9. The van der Waals surface area contributed by atoms with E-state index in [4.69, 9.17) is 31.3 Å². The van der Waals surface area contributed by atoms with E-state index in [9.17, 15) is 47.9 Å². The van der Waals surface area contributed by atoms with E-state index in [0.717, 1.165) is 6.20 Å². The number of aliphatic carboxylic acids is 2. The van der Waals surface area contributed by atoms with Crippen LogP contribution in [0.5, 0.6) is 0 Å². The number of anilines is 1. The molecule has 0 bridgehead atoms. The van der Waals surface area contributed by atoms with Crippen LogP contribution in [0.25, 0.3) is 16.9 Å². The summed E-state index contributed by atoms with van der Waals surface area (Å²) >= 11 is 0. The lowest BCUT2D eigenvalue weighted by Crippen LogP contribution is -2.32. The number of carbonyl (C=O) groups is 2. The minimum atomic E-state index is -5.08. The number of hydrogen-bond acceptors (Lipinski definition) is 8. The lowest BCUT2D eigenvalue weighted by molar-refractivity contribution is -0.193. The molecule has 1 aromatic carbocycles. The quantitative estimate of drug-likeness (QED) is 0.301. The summed E-state index contributed by atoms with van der Waals surface area (Å²) in [6.07, 6.45) is -12.2. The third-order valence-corrected chi connectivity index (χ3v) is 7.47. The van der Waals surface area contributed by atoms with Gasteiger partial charge < -0.3 is 21.7 Å². The van der Waals surface area contributed by atoms with E-state index in [1.807, 2.05) is 0 Å². The molecule has 2 aromatic heterocycles. The number of alkyl halides is 9. The van der Waals surface area contributed by atoms with Crippen molar-refractivity contribution in [3.05, 3.63) is 41.9 Å². The zero-order chi connectivity index (χ0) is 34.0. The van der Waals surface area contributed by atoms with E-state index >= 15 is 0 Å². The van der Waals surface area contributed by atoms with Crippen molar-refractivity contribution in [2.24, 2.45) is 5.73 Å². The van der Waals surface area contributed by atoms with E-state index in [1.165, 1.54) is 27.0 Å². The first-order valence-electron chi connectivity index (χ1n) is 11.5. The van der Waals surface area contributed by atoms with Crippen LogP contribution in [-0.2, 0) is 25.8 Å². The van der Waals surface area contributed by atoms with Crippen LogP contribution in [0.4, 0.5) is 45.3 Å². The van der Waals surface area contributed by atoms with Gasteiger partial charge >= 0.3 is 30.5 Å². The zero-order valence-electron chi connectivity index (χ0n) is 21.9. The molecule has 0 spiro atoms. The van der Waals surface area contributed by atoms with E-state index in [-0.39, 0.29) is 34.6 Å². The van der Waals surface area contributed by atoms with Crippen LogP contribution in [-0.4, -0.2) is 80.7 Å². The van der Waals surface area contributed by atoms with Gasteiger partial charge in [0.15, 0.2) is 17.2 Å². The normalized spacial score (nSPS) is 16.1. The van der Waals surface area contributed by atoms with Crippen LogP contribution in [0.1, 0.15) is 17.7 Å². The van der Waals surface area contributed by atoms with Gasteiger partial charge in [-0.05, 0) is 31.0 Å². The highest BCUT2D eigenvalue weighted by Crippen LogP contribution is 2.33. The maximum absolute atomic E-state index is 13.2. The molecule has 0 saturated carbocycles. The van der Waals surface area contributed by atoms with E-state index < -0.39 is 46.2 Å². The Labute approximate surface area is 240 Å². The molecular formula is C22H21F9N6O6S. The van der Waals surface area contributed by atoms with Gasteiger partial charge in [0, 0.05) is 30.9 Å². The molecule has 4 rings (SSSR count). The van der Waals surface area contributed by atoms with Gasteiger partial charge in [-0.3, -0.25) is 4.40 Å². The molecule has 22 heteroatoms. The fourth-order valence-corrected chi connectivity index (χ4v) is 5.05. The molecule has 1 atom stereocenters. The van der Waals surface area contributed by atoms with Crippen LogP contribution in [0.3, 0.4) is 0 Å². The Morgan fingerprint density at radius 3 is 1.95 bits per heavy atom. The predicted octanol–water partition coefficient (Wildman–Crippen LogP) is 3.29. The van der Waals surface area contributed by atoms with Crippen molar-refractivity contribution >= 4 is 33.4 Å². The fourth-order valence-electron chi connectivity index (χ4n) is 3.51. The minimum Gasteiger partial charge on any atom is -0.475 e. The molecule has 1 aliphatic heterocycles. The number of fused-ring (bicyclic) bond motifs is 1. The Hall–Kier alpha value is -4.18. The lowest BCUT2D eigenvalue weighted by atomic mass is 10.1. The van der Waals surface area contributed by atoms with Crippen LogP contribution >= 0.6 is 0 Å². The summed E-state index contributed by atoms with van der Waals surface area (Å²) in [4.78, 5) is 25.3. The molecule has 1 fully saturated rings. The summed E-state index contributed by atoms with van der Waals surface area (Å²) in [5.41, 5.74) is 11.7. The maximum atomic E-state index is 13.2. The van der Waals surface area contributed by atoms with Gasteiger partial charge in [0.2, 0.25) is 10.0 Å². The highest BCUT2D eigenvalue weighted by atomic mass is 32.2. The van der Waals surface area contributed by atoms with E-state index in [2.05, 4.69) is 9.97 Å². The van der Waals surface area contributed by atoms with Crippen molar-refractivity contribution in [1.82, 2.24) is 18.7 Å². The van der Waals surface area contributed by atoms with Crippen LogP contribution in [0, 0.1) is 6.92 Å². The highest BCUT2D eigenvalue weighted by molar-refractivity contribution is 7.89. The predicted molar refractivity (Wildman–Crippen MR) is 131 cm³/mol. The highest BCUT2D eigenvalue weighted by Gasteiger charge is 2.39. The number of imidazole rings is 1. The number of sulfonamides is 1. The van der Waals surface area contributed by atoms with Crippen molar-refractivity contribution in [2.45, 2.75) is 42.8 Å². The SMILES string of the molecule is Cc1ccc(S(=O)(=O)N2CC[C@H](N)C2)cc1-c1cnc2c(N)nc(C(F)(F)F)cn12.O=C(O)C(F)(F)F.O=C(O)C(F)(F)F. The van der Waals surface area contributed by atoms with E-state index in [0.29, 0.717) is 24.1 Å². The largest absolute Gasteiger partial charge is 0.490 e. The average molecular weight is 668 g/mol. The number of benzene rings is 1. The minimum absolute atomic E-state index is 0.0326. The van der Waals surface area contributed by atoms with Crippen molar-refractivity contribution in [2.75, 3.05) is 18.8 Å². The van der Waals surface area contributed by atoms with Crippen molar-refractivity contribution in [1.29, 1.82) is 0 Å².